The lowest BCUT2D eigenvalue weighted by Gasteiger charge is -2.37. The minimum absolute atomic E-state index is 0.0749. The molecule has 1 aromatic heterocycles. The molecule has 1 aliphatic carbocycles. The number of primary amides is 1. The molecule has 2 unspecified atom stereocenters. The maximum Gasteiger partial charge on any atom is 0.410 e. The summed E-state index contributed by atoms with van der Waals surface area (Å²) in [5.41, 5.74) is 4.34. The zero-order chi connectivity index (χ0) is 26.1. The largest absolute Gasteiger partial charge is 0.442 e. The van der Waals surface area contributed by atoms with Crippen LogP contribution in [0.1, 0.15) is 6.42 Å². The first-order chi connectivity index (χ1) is 17.4. The van der Waals surface area contributed by atoms with Gasteiger partial charge in [0.2, 0.25) is 6.41 Å². The third-order valence-electron chi connectivity index (χ3n) is 5.68. The molecule has 0 aromatic carbocycles. The molecule has 2 aliphatic heterocycles. The van der Waals surface area contributed by atoms with E-state index in [9.17, 15) is 13.6 Å². The normalized spacial score (nSPS) is 22.9. The topological polar surface area (TPSA) is 150 Å². The Hall–Kier alpha value is -3.62. The summed E-state index contributed by atoms with van der Waals surface area (Å²) in [4.78, 5) is 32.9. The molecule has 2 saturated heterocycles. The highest BCUT2D eigenvalue weighted by Gasteiger charge is 2.39. The Morgan fingerprint density at radius 3 is 2.64 bits per heavy atom. The van der Waals surface area contributed by atoms with Crippen LogP contribution >= 0.6 is 0 Å². The number of amides is 2. The van der Waals surface area contributed by atoms with E-state index in [0.717, 1.165) is 0 Å². The van der Waals surface area contributed by atoms with Gasteiger partial charge in [-0.25, -0.2) is 13.6 Å². The van der Waals surface area contributed by atoms with Crippen LogP contribution in [0.25, 0.3) is 6.20 Å². The number of aliphatic hydroxyl groups is 1. The quantitative estimate of drug-likeness (QED) is 0.438. The highest BCUT2D eigenvalue weighted by molar-refractivity contribution is 5.71. The minimum atomic E-state index is -0.781. The molecule has 0 radical (unpaired) electrons. The molecular formula is C22H29F2N7O5. The molecule has 0 spiro atoms. The maximum absolute atomic E-state index is 14.9. The number of rotatable bonds is 7. The van der Waals surface area contributed by atoms with Crippen molar-refractivity contribution in [2.45, 2.75) is 18.6 Å². The van der Waals surface area contributed by atoms with Crippen molar-refractivity contribution in [2.24, 2.45) is 5.73 Å². The SMILES string of the molecule is N=c1cnccn1/C=C/CON1CCN(C2=C(F)CC(N3CC(CO)OC3=O)C=C2F)CC1.NC=O. The highest BCUT2D eigenvalue weighted by Crippen LogP contribution is 2.34. The zero-order valence-corrected chi connectivity index (χ0v) is 19.5. The molecule has 2 fully saturated rings. The molecule has 196 valence electrons. The van der Waals surface area contributed by atoms with Crippen LogP contribution in [0.4, 0.5) is 13.6 Å². The van der Waals surface area contributed by atoms with Crippen molar-refractivity contribution >= 4 is 18.7 Å². The van der Waals surface area contributed by atoms with Crippen LogP contribution in [0.3, 0.4) is 0 Å². The number of aromatic nitrogens is 2. The van der Waals surface area contributed by atoms with E-state index in [0.29, 0.717) is 32.8 Å². The van der Waals surface area contributed by atoms with Crippen LogP contribution in [-0.2, 0) is 14.4 Å². The number of ether oxygens (including phenoxy) is 1. The van der Waals surface area contributed by atoms with Gasteiger partial charge < -0.3 is 25.0 Å². The number of nitrogens with zero attached hydrogens (tertiary/aromatic N) is 5. The van der Waals surface area contributed by atoms with Crippen molar-refractivity contribution in [3.63, 3.8) is 0 Å². The summed E-state index contributed by atoms with van der Waals surface area (Å²) in [7, 11) is 0. The fourth-order valence-electron chi connectivity index (χ4n) is 3.99. The number of carbonyl (C=O) groups excluding carboxylic acids is 2. The van der Waals surface area contributed by atoms with E-state index in [-0.39, 0.29) is 37.2 Å². The Morgan fingerprint density at radius 2 is 2.03 bits per heavy atom. The van der Waals surface area contributed by atoms with Crippen molar-refractivity contribution in [1.82, 2.24) is 24.4 Å². The third-order valence-corrected chi connectivity index (χ3v) is 5.68. The number of hydrogen-bond donors (Lipinski definition) is 3. The average Bonchev–Trinajstić information content (AvgIpc) is 3.24. The summed E-state index contributed by atoms with van der Waals surface area (Å²) < 4.78 is 36.3. The van der Waals surface area contributed by atoms with Gasteiger partial charge in [0.1, 0.15) is 28.9 Å². The molecule has 14 heteroatoms. The number of carbonyl (C=O) groups is 2. The van der Waals surface area contributed by atoms with E-state index in [1.165, 1.54) is 17.2 Å². The molecule has 0 saturated carbocycles. The number of hydrogen-bond acceptors (Lipinski definition) is 9. The van der Waals surface area contributed by atoms with Gasteiger partial charge in [0.25, 0.3) is 0 Å². The molecule has 2 atom stereocenters. The molecule has 3 aliphatic rings. The predicted molar refractivity (Wildman–Crippen MR) is 123 cm³/mol. The second-order valence-electron chi connectivity index (χ2n) is 7.98. The predicted octanol–water partition coefficient (Wildman–Crippen LogP) is 0.104. The van der Waals surface area contributed by atoms with Crippen molar-refractivity contribution in [1.29, 1.82) is 5.41 Å². The standard InChI is InChI=1S/C21H26F2N6O4.CH3NO/c22-17-10-15(29-13-16(14-30)33-21(29)31)11-18(23)20(17)27-5-7-28(8-6-27)32-9-1-3-26-4-2-25-12-19(26)24;2-1-3/h1-4,10,12,15-16,24,30H,5-9,11,13-14H2;1H,(H2,2,3)/b3-1+,24-19?;. The minimum Gasteiger partial charge on any atom is -0.442 e. The molecule has 36 heavy (non-hydrogen) atoms. The Bertz CT molecular complexity index is 1070. The molecular weight excluding hydrogens is 480 g/mol. The Morgan fingerprint density at radius 1 is 1.31 bits per heavy atom. The van der Waals surface area contributed by atoms with Crippen LogP contribution in [0, 0.1) is 5.41 Å². The Labute approximate surface area is 206 Å². The van der Waals surface area contributed by atoms with Crippen LogP contribution in [0.5, 0.6) is 0 Å². The van der Waals surface area contributed by atoms with Crippen molar-refractivity contribution in [2.75, 3.05) is 45.9 Å². The fraction of sp³-hybridized carbons (Fsp3) is 0.455. The third kappa shape index (κ3) is 6.74. The lowest BCUT2D eigenvalue weighted by molar-refractivity contribution is -0.164. The van der Waals surface area contributed by atoms with Crippen LogP contribution in [-0.4, -0.2) is 100 Å². The molecule has 2 amide bonds. The van der Waals surface area contributed by atoms with E-state index in [1.807, 2.05) is 0 Å². The van der Waals surface area contributed by atoms with Gasteiger partial charge in [-0.3, -0.25) is 24.9 Å². The number of hydroxylamine groups is 2. The molecule has 0 bridgehead atoms. The van der Waals surface area contributed by atoms with E-state index < -0.39 is 29.9 Å². The van der Waals surface area contributed by atoms with E-state index in [2.05, 4.69) is 10.7 Å². The van der Waals surface area contributed by atoms with Crippen molar-refractivity contribution in [3.05, 3.63) is 53.6 Å². The van der Waals surface area contributed by atoms with E-state index >= 15 is 0 Å². The van der Waals surface area contributed by atoms with Crippen molar-refractivity contribution < 1.29 is 33.1 Å². The summed E-state index contributed by atoms with van der Waals surface area (Å²) in [6.07, 6.45) is 8.14. The average molecular weight is 510 g/mol. The fourth-order valence-corrected chi connectivity index (χ4v) is 3.99. The number of halogens is 2. The smallest absolute Gasteiger partial charge is 0.410 e. The first-order valence-electron chi connectivity index (χ1n) is 11.2. The van der Waals surface area contributed by atoms with Gasteiger partial charge in [0.15, 0.2) is 0 Å². The number of nitrogens with two attached hydrogens (primary N) is 1. The van der Waals surface area contributed by atoms with Gasteiger partial charge in [-0.05, 0) is 12.2 Å². The van der Waals surface area contributed by atoms with Crippen LogP contribution in [0.15, 0.2) is 48.1 Å². The number of piperazine rings is 1. The lowest BCUT2D eigenvalue weighted by Crippen LogP contribution is -2.47. The summed E-state index contributed by atoms with van der Waals surface area (Å²) >= 11 is 0. The molecule has 4 rings (SSSR count). The van der Waals surface area contributed by atoms with Gasteiger partial charge in [-0.1, -0.05) is 0 Å². The summed E-state index contributed by atoms with van der Waals surface area (Å²) in [5, 5.41) is 18.6. The number of aliphatic hydroxyl groups excluding tert-OH is 1. The molecule has 1 aromatic rings. The molecule has 4 N–H and O–H groups in total. The van der Waals surface area contributed by atoms with E-state index in [1.54, 1.807) is 39.2 Å². The van der Waals surface area contributed by atoms with Gasteiger partial charge in [0, 0.05) is 51.2 Å². The lowest BCUT2D eigenvalue weighted by atomic mass is 10.0. The molecule has 3 heterocycles. The Balaban J connectivity index is 0.00000115. The van der Waals surface area contributed by atoms with Gasteiger partial charge in [-0.15, -0.1) is 0 Å². The van der Waals surface area contributed by atoms with Gasteiger partial charge >= 0.3 is 6.09 Å². The zero-order valence-electron chi connectivity index (χ0n) is 19.5. The summed E-state index contributed by atoms with van der Waals surface area (Å²) in [6.45, 7) is 1.75. The van der Waals surface area contributed by atoms with E-state index in [4.69, 9.17) is 24.9 Å². The maximum atomic E-state index is 14.9. The Kier molecular flexibility index (Phi) is 9.67. The first kappa shape index (κ1) is 27.0. The van der Waals surface area contributed by atoms with Crippen LogP contribution in [0.2, 0.25) is 0 Å². The first-order valence-corrected chi connectivity index (χ1v) is 11.2. The number of cyclic esters (lactones) is 1. The summed E-state index contributed by atoms with van der Waals surface area (Å²) in [6, 6.07) is -0.781. The second kappa shape index (κ2) is 12.9. The van der Waals surface area contributed by atoms with Crippen LogP contribution < -0.4 is 11.2 Å². The monoisotopic (exact) mass is 509 g/mol. The summed E-state index contributed by atoms with van der Waals surface area (Å²) in [5.74, 6) is -1.32. The van der Waals surface area contributed by atoms with Crippen molar-refractivity contribution in [3.8, 4) is 0 Å². The van der Waals surface area contributed by atoms with Gasteiger partial charge in [0.05, 0.1) is 32.0 Å². The number of allylic oxidation sites excluding steroid dienone is 1. The highest BCUT2D eigenvalue weighted by atomic mass is 19.1. The second-order valence-corrected chi connectivity index (χ2v) is 7.98. The number of nitrogens with one attached hydrogen (secondary N) is 1. The molecule has 12 nitrogen and oxygen atoms in total. The van der Waals surface area contributed by atoms with Gasteiger partial charge in [-0.2, -0.15) is 5.06 Å².